The molecular formula is C16H21N3O4S. The molecule has 7 nitrogen and oxygen atoms in total. The minimum atomic E-state index is -3.66. The van der Waals surface area contributed by atoms with Crippen molar-refractivity contribution in [1.82, 2.24) is 14.3 Å². The van der Waals surface area contributed by atoms with Crippen molar-refractivity contribution in [3.8, 4) is 0 Å². The van der Waals surface area contributed by atoms with Gasteiger partial charge in [-0.1, -0.05) is 0 Å². The third-order valence-electron chi connectivity index (χ3n) is 5.51. The first kappa shape index (κ1) is 16.0. The minimum absolute atomic E-state index is 0.242. The van der Waals surface area contributed by atoms with Gasteiger partial charge in [0.15, 0.2) is 0 Å². The monoisotopic (exact) mass is 351 g/mol. The summed E-state index contributed by atoms with van der Waals surface area (Å²) in [5, 5.41) is 10.0. The molecule has 2 heterocycles. The SMILES string of the molecule is CO[C@@]12CC[C@H](O)C[C@@H]1N(S(=O)(=O)c1ccc3nc[nH]c3c1)CC2. The Labute approximate surface area is 140 Å². The maximum Gasteiger partial charge on any atom is 0.243 e. The molecule has 2 N–H and O–H groups in total. The molecule has 2 aromatic rings. The fourth-order valence-electron chi connectivity index (χ4n) is 4.13. The lowest BCUT2D eigenvalue weighted by atomic mass is 9.79. The van der Waals surface area contributed by atoms with Crippen LogP contribution in [0.15, 0.2) is 29.4 Å². The van der Waals surface area contributed by atoms with Crippen LogP contribution in [0.3, 0.4) is 0 Å². The van der Waals surface area contributed by atoms with E-state index in [2.05, 4.69) is 9.97 Å². The summed E-state index contributed by atoms with van der Waals surface area (Å²) in [6.45, 7) is 0.411. The van der Waals surface area contributed by atoms with E-state index in [0.717, 1.165) is 5.52 Å². The van der Waals surface area contributed by atoms with Gasteiger partial charge in [0.1, 0.15) is 0 Å². The van der Waals surface area contributed by atoms with Crippen LogP contribution in [-0.2, 0) is 14.8 Å². The Morgan fingerprint density at radius 2 is 2.25 bits per heavy atom. The van der Waals surface area contributed by atoms with Crippen LogP contribution in [0.1, 0.15) is 25.7 Å². The molecule has 0 bridgehead atoms. The van der Waals surface area contributed by atoms with Crippen molar-refractivity contribution >= 4 is 21.1 Å². The van der Waals surface area contributed by atoms with E-state index in [-0.39, 0.29) is 10.9 Å². The number of aliphatic hydroxyl groups is 1. The molecule has 3 atom stereocenters. The van der Waals surface area contributed by atoms with E-state index in [1.807, 2.05) is 0 Å². The number of hydrogen-bond donors (Lipinski definition) is 2. The van der Waals surface area contributed by atoms with Gasteiger partial charge in [-0.3, -0.25) is 0 Å². The lowest BCUT2D eigenvalue weighted by molar-refractivity contribution is -0.0775. The highest BCUT2D eigenvalue weighted by Gasteiger charge is 2.54. The van der Waals surface area contributed by atoms with Crippen molar-refractivity contribution in [2.24, 2.45) is 0 Å². The summed E-state index contributed by atoms with van der Waals surface area (Å²) in [7, 11) is -2.02. The second-order valence-electron chi connectivity index (χ2n) is 6.66. The van der Waals surface area contributed by atoms with Gasteiger partial charge in [0, 0.05) is 13.7 Å². The molecule has 1 aromatic carbocycles. The highest BCUT2D eigenvalue weighted by atomic mass is 32.2. The number of aliphatic hydroxyl groups excluding tert-OH is 1. The van der Waals surface area contributed by atoms with Crippen LogP contribution in [0.4, 0.5) is 0 Å². The summed E-state index contributed by atoms with van der Waals surface area (Å²) in [4.78, 5) is 7.31. The number of nitrogens with zero attached hydrogens (tertiary/aromatic N) is 2. The fraction of sp³-hybridized carbons (Fsp3) is 0.562. The Morgan fingerprint density at radius 3 is 3.04 bits per heavy atom. The van der Waals surface area contributed by atoms with E-state index in [0.29, 0.717) is 37.7 Å². The number of benzene rings is 1. The number of fused-ring (bicyclic) bond motifs is 2. The fourth-order valence-corrected chi connectivity index (χ4v) is 5.86. The number of rotatable bonds is 3. The number of sulfonamides is 1. The number of imidazole rings is 1. The summed E-state index contributed by atoms with van der Waals surface area (Å²) < 4.78 is 33.6. The van der Waals surface area contributed by atoms with Crippen molar-refractivity contribution in [3.63, 3.8) is 0 Å². The average Bonchev–Trinajstić information content (AvgIpc) is 3.18. The normalized spacial score (nSPS) is 31.4. The first-order valence-electron chi connectivity index (χ1n) is 8.14. The van der Waals surface area contributed by atoms with Gasteiger partial charge in [0.25, 0.3) is 0 Å². The van der Waals surface area contributed by atoms with E-state index < -0.39 is 21.7 Å². The maximum absolute atomic E-state index is 13.2. The van der Waals surface area contributed by atoms with E-state index in [4.69, 9.17) is 4.74 Å². The zero-order valence-electron chi connectivity index (χ0n) is 13.5. The molecule has 0 spiro atoms. The number of aromatic nitrogens is 2. The van der Waals surface area contributed by atoms with Gasteiger partial charge in [-0.25, -0.2) is 13.4 Å². The number of ether oxygens (including phenoxy) is 1. The lowest BCUT2D eigenvalue weighted by Crippen LogP contribution is -2.52. The average molecular weight is 351 g/mol. The Morgan fingerprint density at radius 1 is 1.42 bits per heavy atom. The van der Waals surface area contributed by atoms with Crippen molar-refractivity contribution in [2.75, 3.05) is 13.7 Å². The molecule has 1 saturated carbocycles. The van der Waals surface area contributed by atoms with E-state index in [9.17, 15) is 13.5 Å². The summed E-state index contributed by atoms with van der Waals surface area (Å²) >= 11 is 0. The molecule has 1 saturated heterocycles. The molecule has 2 fully saturated rings. The van der Waals surface area contributed by atoms with Gasteiger partial charge in [-0.15, -0.1) is 0 Å². The van der Waals surface area contributed by atoms with Crippen LogP contribution in [0.25, 0.3) is 11.0 Å². The van der Waals surface area contributed by atoms with Gasteiger partial charge in [-0.2, -0.15) is 4.31 Å². The van der Waals surface area contributed by atoms with Crippen molar-refractivity contribution in [3.05, 3.63) is 24.5 Å². The second-order valence-corrected chi connectivity index (χ2v) is 8.55. The molecule has 0 amide bonds. The first-order valence-corrected chi connectivity index (χ1v) is 9.58. The number of hydrogen-bond acceptors (Lipinski definition) is 5. The number of H-pyrrole nitrogens is 1. The standard InChI is InChI=1S/C16H21N3O4S/c1-23-16-5-4-11(20)8-15(16)19(7-6-16)24(21,22)12-2-3-13-14(9-12)18-10-17-13/h2-3,9-11,15,20H,4-8H2,1H3,(H,17,18)/t11-,15-,16+/m0/s1. The van der Waals surface area contributed by atoms with Crippen LogP contribution < -0.4 is 0 Å². The largest absolute Gasteiger partial charge is 0.393 e. The number of aromatic amines is 1. The molecule has 130 valence electrons. The summed E-state index contributed by atoms with van der Waals surface area (Å²) in [5.74, 6) is 0. The van der Waals surface area contributed by atoms with Crippen LogP contribution in [0.5, 0.6) is 0 Å². The molecule has 1 aliphatic carbocycles. The van der Waals surface area contributed by atoms with Gasteiger partial charge in [-0.05, 0) is 43.9 Å². The van der Waals surface area contributed by atoms with Crippen molar-refractivity contribution < 1.29 is 18.3 Å². The molecule has 24 heavy (non-hydrogen) atoms. The van der Waals surface area contributed by atoms with Gasteiger partial charge in [0.05, 0.1) is 40.0 Å². The molecular weight excluding hydrogens is 330 g/mol. The Balaban J connectivity index is 1.73. The number of methoxy groups -OCH3 is 1. The molecule has 1 aliphatic heterocycles. The zero-order valence-corrected chi connectivity index (χ0v) is 14.3. The van der Waals surface area contributed by atoms with E-state index in [1.54, 1.807) is 31.6 Å². The predicted molar refractivity (Wildman–Crippen MR) is 88.0 cm³/mol. The van der Waals surface area contributed by atoms with Gasteiger partial charge < -0.3 is 14.8 Å². The molecule has 1 aromatic heterocycles. The van der Waals surface area contributed by atoms with Crippen LogP contribution in [-0.4, -0.2) is 59.2 Å². The lowest BCUT2D eigenvalue weighted by Gasteiger charge is -2.42. The molecule has 0 unspecified atom stereocenters. The maximum atomic E-state index is 13.2. The quantitative estimate of drug-likeness (QED) is 0.868. The van der Waals surface area contributed by atoms with Gasteiger partial charge in [0.2, 0.25) is 10.0 Å². The molecule has 0 radical (unpaired) electrons. The molecule has 2 aliphatic rings. The van der Waals surface area contributed by atoms with Crippen LogP contribution in [0, 0.1) is 0 Å². The molecule has 4 rings (SSSR count). The minimum Gasteiger partial charge on any atom is -0.393 e. The second kappa shape index (κ2) is 5.52. The third kappa shape index (κ3) is 2.28. The third-order valence-corrected chi connectivity index (χ3v) is 7.42. The van der Waals surface area contributed by atoms with E-state index >= 15 is 0 Å². The van der Waals surface area contributed by atoms with Crippen molar-refractivity contribution in [2.45, 2.75) is 48.3 Å². The number of nitrogens with one attached hydrogen (secondary N) is 1. The topological polar surface area (TPSA) is 95.5 Å². The van der Waals surface area contributed by atoms with Crippen molar-refractivity contribution in [1.29, 1.82) is 0 Å². The van der Waals surface area contributed by atoms with E-state index in [1.165, 1.54) is 4.31 Å². The summed E-state index contributed by atoms with van der Waals surface area (Å²) in [6.07, 6.45) is 3.47. The Bertz CT molecular complexity index is 865. The highest BCUT2D eigenvalue weighted by molar-refractivity contribution is 7.89. The highest BCUT2D eigenvalue weighted by Crippen LogP contribution is 2.44. The Hall–Kier alpha value is -1.48. The molecule has 8 heteroatoms. The summed E-state index contributed by atoms with van der Waals surface area (Å²) in [6, 6.07) is 4.58. The van der Waals surface area contributed by atoms with Crippen LogP contribution >= 0.6 is 0 Å². The Kier molecular flexibility index (Phi) is 3.68. The zero-order chi connectivity index (χ0) is 16.9. The van der Waals surface area contributed by atoms with Gasteiger partial charge >= 0.3 is 0 Å². The smallest absolute Gasteiger partial charge is 0.243 e. The summed E-state index contributed by atoms with van der Waals surface area (Å²) in [5.41, 5.74) is 0.941. The predicted octanol–water partition coefficient (Wildman–Crippen LogP) is 1.26. The first-order chi connectivity index (χ1) is 11.5. The van der Waals surface area contributed by atoms with Crippen LogP contribution in [0.2, 0.25) is 0 Å².